The van der Waals surface area contributed by atoms with E-state index in [2.05, 4.69) is 11.4 Å². The van der Waals surface area contributed by atoms with Gasteiger partial charge in [0.05, 0.1) is 5.41 Å². The summed E-state index contributed by atoms with van der Waals surface area (Å²) in [7, 11) is 0. The van der Waals surface area contributed by atoms with Crippen molar-refractivity contribution in [3.63, 3.8) is 0 Å². The van der Waals surface area contributed by atoms with Crippen LogP contribution in [0.3, 0.4) is 0 Å². The number of rotatable bonds is 1. The number of benzene rings is 1. The lowest BCUT2D eigenvalue weighted by Gasteiger charge is -2.46. The summed E-state index contributed by atoms with van der Waals surface area (Å²) < 4.78 is 0. The summed E-state index contributed by atoms with van der Waals surface area (Å²) in [5.74, 6) is 0.207. The van der Waals surface area contributed by atoms with E-state index in [1.165, 1.54) is 0 Å². The molecule has 1 aliphatic carbocycles. The van der Waals surface area contributed by atoms with Crippen LogP contribution in [0.4, 0.5) is 5.69 Å². The number of anilines is 1. The molecule has 1 aromatic carbocycles. The molecule has 2 atom stereocenters. The van der Waals surface area contributed by atoms with E-state index in [0.717, 1.165) is 11.3 Å². The number of hydrogen-bond donors (Lipinski definition) is 1. The maximum Gasteiger partial charge on any atom is 0.235 e. The number of amides is 1. The number of carbonyl (C=O) groups is 2. The first-order valence-electron chi connectivity index (χ1n) is 7.82. The topological polar surface area (TPSA) is 49.4 Å². The number of ketones is 1. The molecular formula is C18H17ClN2O2. The van der Waals surface area contributed by atoms with Crippen molar-refractivity contribution in [1.29, 1.82) is 0 Å². The molecule has 4 nitrogen and oxygen atoms in total. The second-order valence-electron chi connectivity index (χ2n) is 6.50. The maximum atomic E-state index is 13.3. The first-order valence-corrected chi connectivity index (χ1v) is 8.19. The third-order valence-electron chi connectivity index (χ3n) is 4.99. The minimum absolute atomic E-state index is 0.0237. The molecule has 2 heterocycles. The second-order valence-corrected chi connectivity index (χ2v) is 6.93. The van der Waals surface area contributed by atoms with E-state index in [1.54, 1.807) is 17.0 Å². The van der Waals surface area contributed by atoms with Crippen molar-refractivity contribution in [2.45, 2.75) is 31.8 Å². The normalized spacial score (nSPS) is 29.5. The smallest absolute Gasteiger partial charge is 0.235 e. The van der Waals surface area contributed by atoms with Gasteiger partial charge in [0.1, 0.15) is 11.9 Å². The average molecular weight is 329 g/mol. The molecule has 0 radical (unpaired) electrons. The van der Waals surface area contributed by atoms with Crippen LogP contribution in [0.1, 0.15) is 25.7 Å². The zero-order valence-corrected chi connectivity index (χ0v) is 13.3. The molecule has 2 aliphatic heterocycles. The Morgan fingerprint density at radius 3 is 2.87 bits per heavy atom. The quantitative estimate of drug-likeness (QED) is 0.861. The molecular weight excluding hydrogens is 312 g/mol. The maximum absolute atomic E-state index is 13.3. The third-order valence-corrected chi connectivity index (χ3v) is 5.22. The summed E-state index contributed by atoms with van der Waals surface area (Å²) in [6.45, 7) is 0. The van der Waals surface area contributed by atoms with Gasteiger partial charge in [-0.2, -0.15) is 0 Å². The third kappa shape index (κ3) is 2.29. The average Bonchev–Trinajstić information content (AvgIpc) is 2.90. The number of nitrogens with zero attached hydrogens (tertiary/aromatic N) is 1. The Balaban J connectivity index is 1.81. The minimum Gasteiger partial charge on any atom is -0.367 e. The Morgan fingerprint density at radius 2 is 2.13 bits per heavy atom. The number of halogens is 1. The standard InChI is InChI=1S/C18H17ClN2O2/c19-13-4-1-5-14(9-13)21-16-12(3-2-8-20-16)10-18(17(21)23)7-6-15(22)11-18/h1-5,8-9,16,20H,6-7,10-11H2. The number of allylic oxidation sites excluding steroid dienone is 2. The second kappa shape index (κ2) is 5.24. The van der Waals surface area contributed by atoms with E-state index in [1.807, 2.05) is 24.4 Å². The van der Waals surface area contributed by atoms with Crippen molar-refractivity contribution >= 4 is 29.0 Å². The molecule has 1 amide bonds. The molecule has 2 unspecified atom stereocenters. The van der Waals surface area contributed by atoms with Crippen molar-refractivity contribution < 1.29 is 9.59 Å². The van der Waals surface area contributed by atoms with E-state index >= 15 is 0 Å². The number of dihydropyridines is 1. The van der Waals surface area contributed by atoms with Gasteiger partial charge in [-0.1, -0.05) is 23.7 Å². The number of carbonyl (C=O) groups excluding carboxylic acids is 2. The number of Topliss-reactive ketones (excluding diaryl/α,β-unsaturated/α-hetero) is 1. The zero-order valence-electron chi connectivity index (χ0n) is 12.6. The fourth-order valence-electron chi connectivity index (χ4n) is 3.91. The molecule has 23 heavy (non-hydrogen) atoms. The lowest BCUT2D eigenvalue weighted by Crippen LogP contribution is -2.59. The molecule has 118 valence electrons. The zero-order chi connectivity index (χ0) is 16.0. The highest BCUT2D eigenvalue weighted by Crippen LogP contribution is 2.48. The molecule has 5 heteroatoms. The lowest BCUT2D eigenvalue weighted by molar-refractivity contribution is -0.131. The highest BCUT2D eigenvalue weighted by atomic mass is 35.5. The fourth-order valence-corrected chi connectivity index (χ4v) is 4.09. The van der Waals surface area contributed by atoms with Crippen molar-refractivity contribution in [3.8, 4) is 0 Å². The van der Waals surface area contributed by atoms with Crippen LogP contribution in [-0.4, -0.2) is 17.9 Å². The Labute approximate surface area is 139 Å². The Morgan fingerprint density at radius 1 is 1.26 bits per heavy atom. The van der Waals surface area contributed by atoms with Gasteiger partial charge in [0.15, 0.2) is 0 Å². The van der Waals surface area contributed by atoms with Crippen molar-refractivity contribution in [1.82, 2.24) is 5.32 Å². The Kier molecular flexibility index (Phi) is 3.31. The lowest BCUT2D eigenvalue weighted by atomic mass is 9.74. The van der Waals surface area contributed by atoms with Crippen LogP contribution in [0.15, 0.2) is 48.2 Å². The van der Waals surface area contributed by atoms with E-state index in [0.29, 0.717) is 30.7 Å². The molecule has 1 saturated carbocycles. The van der Waals surface area contributed by atoms with Crippen LogP contribution in [0.5, 0.6) is 0 Å². The first-order chi connectivity index (χ1) is 11.1. The van der Waals surface area contributed by atoms with E-state index in [4.69, 9.17) is 11.6 Å². The summed E-state index contributed by atoms with van der Waals surface area (Å²) in [6.07, 6.45) is 7.76. The van der Waals surface area contributed by atoms with Crippen LogP contribution >= 0.6 is 11.6 Å². The summed E-state index contributed by atoms with van der Waals surface area (Å²) in [6, 6.07) is 7.32. The van der Waals surface area contributed by atoms with Crippen LogP contribution < -0.4 is 10.2 Å². The molecule has 1 saturated heterocycles. The van der Waals surface area contributed by atoms with E-state index in [-0.39, 0.29) is 17.9 Å². The van der Waals surface area contributed by atoms with Gasteiger partial charge in [-0.15, -0.1) is 0 Å². The summed E-state index contributed by atoms with van der Waals surface area (Å²) in [5.41, 5.74) is 1.32. The molecule has 0 aromatic heterocycles. The number of piperidine rings is 1. The van der Waals surface area contributed by atoms with Gasteiger partial charge in [-0.05, 0) is 48.9 Å². The van der Waals surface area contributed by atoms with E-state index in [9.17, 15) is 9.59 Å². The van der Waals surface area contributed by atoms with Crippen LogP contribution in [0, 0.1) is 5.41 Å². The largest absolute Gasteiger partial charge is 0.367 e. The molecule has 1 aromatic rings. The van der Waals surface area contributed by atoms with Crippen molar-refractivity contribution in [2.24, 2.45) is 5.41 Å². The monoisotopic (exact) mass is 328 g/mol. The van der Waals surface area contributed by atoms with Gasteiger partial charge in [0, 0.05) is 23.6 Å². The van der Waals surface area contributed by atoms with Gasteiger partial charge in [0.25, 0.3) is 0 Å². The molecule has 4 rings (SSSR count). The van der Waals surface area contributed by atoms with Gasteiger partial charge < -0.3 is 5.32 Å². The summed E-state index contributed by atoms with van der Waals surface area (Å²) in [5, 5.41) is 3.86. The van der Waals surface area contributed by atoms with Crippen LogP contribution in [0.2, 0.25) is 5.02 Å². The highest BCUT2D eigenvalue weighted by molar-refractivity contribution is 6.31. The minimum atomic E-state index is -0.589. The van der Waals surface area contributed by atoms with E-state index < -0.39 is 5.41 Å². The van der Waals surface area contributed by atoms with Gasteiger partial charge in [-0.3, -0.25) is 14.5 Å². The molecule has 0 bridgehead atoms. The SMILES string of the molecule is O=C1CCC2(C1)CC1=CC=CNC1N(c1cccc(Cl)c1)C2=O. The summed E-state index contributed by atoms with van der Waals surface area (Å²) in [4.78, 5) is 26.9. The Bertz CT molecular complexity index is 755. The predicted octanol–water partition coefficient (Wildman–Crippen LogP) is 3.19. The first kappa shape index (κ1) is 14.5. The van der Waals surface area contributed by atoms with Crippen LogP contribution in [-0.2, 0) is 9.59 Å². The fraction of sp³-hybridized carbons (Fsp3) is 0.333. The molecule has 1 N–H and O–H groups in total. The van der Waals surface area contributed by atoms with Crippen molar-refractivity contribution in [3.05, 3.63) is 53.2 Å². The molecule has 3 aliphatic rings. The van der Waals surface area contributed by atoms with Crippen LogP contribution in [0.25, 0.3) is 0 Å². The predicted molar refractivity (Wildman–Crippen MR) is 89.0 cm³/mol. The van der Waals surface area contributed by atoms with Gasteiger partial charge >= 0.3 is 0 Å². The number of nitrogens with one attached hydrogen (secondary N) is 1. The Hall–Kier alpha value is -2.07. The number of hydrogen-bond acceptors (Lipinski definition) is 3. The molecule has 1 spiro atoms. The van der Waals surface area contributed by atoms with Crippen molar-refractivity contribution in [2.75, 3.05) is 4.90 Å². The number of fused-ring (bicyclic) bond motifs is 1. The highest BCUT2D eigenvalue weighted by Gasteiger charge is 2.53. The summed E-state index contributed by atoms with van der Waals surface area (Å²) >= 11 is 6.12. The van der Waals surface area contributed by atoms with Gasteiger partial charge in [-0.25, -0.2) is 0 Å². The molecule has 2 fully saturated rings. The van der Waals surface area contributed by atoms with Gasteiger partial charge in [0.2, 0.25) is 5.91 Å².